The third-order valence-electron chi connectivity index (χ3n) is 1.64. The molecule has 0 saturated carbocycles. The van der Waals surface area contributed by atoms with Crippen molar-refractivity contribution in [3.8, 4) is 0 Å². The van der Waals surface area contributed by atoms with Crippen molar-refractivity contribution in [2.45, 2.75) is 6.42 Å². The van der Waals surface area contributed by atoms with Gasteiger partial charge in [-0.2, -0.15) is 0 Å². The molecule has 0 saturated heterocycles. The smallest absolute Gasteiger partial charge is 0.180 e. The zero-order valence-corrected chi connectivity index (χ0v) is 8.14. The fourth-order valence-corrected chi connectivity index (χ4v) is 1.02. The molecule has 0 amide bonds. The van der Waals surface area contributed by atoms with Gasteiger partial charge >= 0.3 is 0 Å². The van der Waals surface area contributed by atoms with Crippen molar-refractivity contribution in [2.75, 3.05) is 13.7 Å². The summed E-state index contributed by atoms with van der Waals surface area (Å²) in [4.78, 5) is 15.1. The van der Waals surface area contributed by atoms with Gasteiger partial charge in [-0.15, -0.1) is 0 Å². The molecule has 0 aliphatic carbocycles. The first-order valence-corrected chi connectivity index (χ1v) is 4.41. The summed E-state index contributed by atoms with van der Waals surface area (Å²) in [7, 11) is 1.50. The summed E-state index contributed by atoms with van der Waals surface area (Å²) < 4.78 is 4.69. The lowest BCUT2D eigenvalue weighted by atomic mass is 10.2. The maximum absolute atomic E-state index is 11.0. The molecular formula is C11H13NO2. The molecule has 0 radical (unpaired) electrons. The van der Waals surface area contributed by atoms with E-state index in [1.807, 2.05) is 18.2 Å². The lowest BCUT2D eigenvalue weighted by Gasteiger charge is -1.93. The van der Waals surface area contributed by atoms with E-state index in [1.54, 1.807) is 12.3 Å². The fraction of sp³-hybridized carbons (Fsp3) is 0.273. The Morgan fingerprint density at radius 3 is 3.07 bits per heavy atom. The van der Waals surface area contributed by atoms with Gasteiger partial charge in [0.25, 0.3) is 0 Å². The number of aromatic nitrogens is 1. The number of nitrogens with zero attached hydrogens (tertiary/aromatic N) is 1. The SMILES string of the molecule is COCC(=O)/C=C/Cc1ccccn1. The molecule has 0 fully saturated rings. The quantitative estimate of drug-likeness (QED) is 0.660. The Morgan fingerprint density at radius 2 is 2.43 bits per heavy atom. The van der Waals surface area contributed by atoms with Gasteiger partial charge in [-0.05, 0) is 18.2 Å². The van der Waals surface area contributed by atoms with E-state index in [4.69, 9.17) is 0 Å². The van der Waals surface area contributed by atoms with Gasteiger partial charge in [0.1, 0.15) is 6.61 Å². The number of hydrogen-bond donors (Lipinski definition) is 0. The van der Waals surface area contributed by atoms with Gasteiger partial charge in [-0.25, -0.2) is 0 Å². The van der Waals surface area contributed by atoms with E-state index >= 15 is 0 Å². The van der Waals surface area contributed by atoms with Crippen molar-refractivity contribution in [1.82, 2.24) is 4.98 Å². The van der Waals surface area contributed by atoms with E-state index < -0.39 is 0 Å². The number of carbonyl (C=O) groups excluding carboxylic acids is 1. The lowest BCUT2D eigenvalue weighted by molar-refractivity contribution is -0.118. The molecule has 0 bridgehead atoms. The fourth-order valence-electron chi connectivity index (χ4n) is 1.02. The molecule has 0 N–H and O–H groups in total. The predicted molar refractivity (Wildman–Crippen MR) is 54.0 cm³/mol. The van der Waals surface area contributed by atoms with E-state index in [1.165, 1.54) is 13.2 Å². The van der Waals surface area contributed by atoms with Crippen LogP contribution in [-0.4, -0.2) is 24.5 Å². The van der Waals surface area contributed by atoms with Gasteiger partial charge in [0.15, 0.2) is 5.78 Å². The molecule has 74 valence electrons. The highest BCUT2D eigenvalue weighted by atomic mass is 16.5. The topological polar surface area (TPSA) is 39.2 Å². The number of hydrogen-bond acceptors (Lipinski definition) is 3. The molecule has 0 aliphatic rings. The van der Waals surface area contributed by atoms with Crippen LogP contribution in [0, 0.1) is 0 Å². The highest BCUT2D eigenvalue weighted by molar-refractivity contribution is 5.90. The van der Waals surface area contributed by atoms with E-state index in [0.29, 0.717) is 6.42 Å². The molecule has 0 spiro atoms. The number of methoxy groups -OCH3 is 1. The minimum atomic E-state index is -0.0246. The highest BCUT2D eigenvalue weighted by Gasteiger charge is 1.93. The van der Waals surface area contributed by atoms with Gasteiger partial charge in [0, 0.05) is 25.4 Å². The number of carbonyl (C=O) groups is 1. The molecule has 14 heavy (non-hydrogen) atoms. The summed E-state index contributed by atoms with van der Waals surface area (Å²) >= 11 is 0. The van der Waals surface area contributed by atoms with Crippen LogP contribution in [0.3, 0.4) is 0 Å². The summed E-state index contributed by atoms with van der Waals surface area (Å²) in [5.41, 5.74) is 0.953. The average Bonchev–Trinajstić information content (AvgIpc) is 2.20. The van der Waals surface area contributed by atoms with Crippen molar-refractivity contribution in [3.05, 3.63) is 42.2 Å². The molecule has 0 aromatic carbocycles. The Bertz CT molecular complexity index is 306. The van der Waals surface area contributed by atoms with Crippen molar-refractivity contribution in [2.24, 2.45) is 0 Å². The Labute approximate surface area is 83.4 Å². The molecule has 3 heteroatoms. The lowest BCUT2D eigenvalue weighted by Crippen LogP contribution is -2.02. The van der Waals surface area contributed by atoms with Gasteiger partial charge in [-0.1, -0.05) is 12.1 Å². The van der Waals surface area contributed by atoms with E-state index in [-0.39, 0.29) is 12.4 Å². The molecular weight excluding hydrogens is 178 g/mol. The minimum Gasteiger partial charge on any atom is -0.377 e. The van der Waals surface area contributed by atoms with Crippen molar-refractivity contribution in [1.29, 1.82) is 0 Å². The summed E-state index contributed by atoms with van der Waals surface area (Å²) in [5, 5.41) is 0. The normalized spacial score (nSPS) is 10.6. The van der Waals surface area contributed by atoms with Crippen LogP contribution in [0.15, 0.2) is 36.5 Å². The van der Waals surface area contributed by atoms with Crippen molar-refractivity contribution >= 4 is 5.78 Å². The summed E-state index contributed by atoms with van der Waals surface area (Å²) in [6, 6.07) is 5.71. The first-order chi connectivity index (χ1) is 6.83. The monoisotopic (exact) mass is 191 g/mol. The minimum absolute atomic E-state index is 0.0246. The van der Waals surface area contributed by atoms with Crippen molar-refractivity contribution in [3.63, 3.8) is 0 Å². The Morgan fingerprint density at radius 1 is 1.57 bits per heavy atom. The molecule has 1 aromatic heterocycles. The van der Waals surface area contributed by atoms with Crippen LogP contribution in [0.25, 0.3) is 0 Å². The van der Waals surface area contributed by atoms with Gasteiger partial charge in [-0.3, -0.25) is 9.78 Å². The molecule has 0 unspecified atom stereocenters. The summed E-state index contributed by atoms with van der Waals surface area (Å²) in [6.07, 6.45) is 5.73. The third-order valence-corrected chi connectivity index (χ3v) is 1.64. The summed E-state index contributed by atoms with van der Waals surface area (Å²) in [5.74, 6) is -0.0246. The number of ether oxygens (including phenoxy) is 1. The van der Waals surface area contributed by atoms with Gasteiger partial charge in [0.05, 0.1) is 0 Å². The number of pyridine rings is 1. The van der Waals surface area contributed by atoms with Crippen LogP contribution < -0.4 is 0 Å². The second-order valence-electron chi connectivity index (χ2n) is 2.83. The van der Waals surface area contributed by atoms with Crippen LogP contribution >= 0.6 is 0 Å². The molecule has 0 aliphatic heterocycles. The maximum atomic E-state index is 11.0. The average molecular weight is 191 g/mol. The first-order valence-electron chi connectivity index (χ1n) is 4.41. The number of rotatable bonds is 5. The standard InChI is InChI=1S/C11H13NO2/c1-14-9-11(13)7-4-6-10-5-2-3-8-12-10/h2-5,7-8H,6,9H2,1H3/b7-4+. The Hall–Kier alpha value is -1.48. The maximum Gasteiger partial charge on any atom is 0.180 e. The molecule has 1 aromatic rings. The molecule has 0 atom stereocenters. The van der Waals surface area contributed by atoms with Crippen LogP contribution in [0.5, 0.6) is 0 Å². The third kappa shape index (κ3) is 3.96. The molecule has 3 nitrogen and oxygen atoms in total. The van der Waals surface area contributed by atoms with E-state index in [2.05, 4.69) is 9.72 Å². The first kappa shape index (κ1) is 10.6. The van der Waals surface area contributed by atoms with Gasteiger partial charge < -0.3 is 4.74 Å². The number of allylic oxidation sites excluding steroid dienone is 1. The van der Waals surface area contributed by atoms with E-state index in [9.17, 15) is 4.79 Å². The number of ketones is 1. The Kier molecular flexibility index (Phi) is 4.58. The predicted octanol–water partition coefficient (Wildman–Crippen LogP) is 1.40. The van der Waals surface area contributed by atoms with Crippen LogP contribution in [0.2, 0.25) is 0 Å². The second-order valence-corrected chi connectivity index (χ2v) is 2.83. The van der Waals surface area contributed by atoms with Crippen LogP contribution in [-0.2, 0) is 16.0 Å². The second kappa shape index (κ2) is 6.05. The zero-order valence-electron chi connectivity index (χ0n) is 8.14. The highest BCUT2D eigenvalue weighted by Crippen LogP contribution is 1.95. The van der Waals surface area contributed by atoms with Gasteiger partial charge in [0.2, 0.25) is 0 Å². The van der Waals surface area contributed by atoms with Crippen molar-refractivity contribution < 1.29 is 9.53 Å². The largest absolute Gasteiger partial charge is 0.377 e. The molecule has 1 rings (SSSR count). The Balaban J connectivity index is 2.37. The summed E-state index contributed by atoms with van der Waals surface area (Å²) in [6.45, 7) is 0.138. The van der Waals surface area contributed by atoms with Crippen LogP contribution in [0.1, 0.15) is 5.69 Å². The van der Waals surface area contributed by atoms with E-state index in [0.717, 1.165) is 5.69 Å². The zero-order chi connectivity index (χ0) is 10.2. The molecule has 1 heterocycles. The van der Waals surface area contributed by atoms with Crippen LogP contribution in [0.4, 0.5) is 0 Å².